The predicted molar refractivity (Wildman–Crippen MR) is 97.5 cm³/mol. The highest BCUT2D eigenvalue weighted by Gasteiger charge is 2.15. The van der Waals surface area contributed by atoms with E-state index in [0.29, 0.717) is 11.3 Å². The summed E-state index contributed by atoms with van der Waals surface area (Å²) < 4.78 is 5.34. The fourth-order valence-electron chi connectivity index (χ4n) is 2.47. The van der Waals surface area contributed by atoms with E-state index >= 15 is 0 Å². The number of nitrogens with zero attached hydrogens (tertiary/aromatic N) is 3. The lowest BCUT2D eigenvalue weighted by Crippen LogP contribution is -2.07. The maximum atomic E-state index is 11.9. The molecule has 2 aromatic carbocycles. The Hall–Kier alpha value is -3.75. The van der Waals surface area contributed by atoms with E-state index in [1.54, 1.807) is 12.1 Å². The van der Waals surface area contributed by atoms with Gasteiger partial charge >= 0.3 is 5.91 Å². The monoisotopic (exact) mass is 368 g/mol. The first-order valence-electron chi connectivity index (χ1n) is 8.13. The summed E-state index contributed by atoms with van der Waals surface area (Å²) in [5.74, 6) is -0.465. The number of amides is 1. The Morgan fingerprint density at radius 1 is 1.26 bits per heavy atom. The summed E-state index contributed by atoms with van der Waals surface area (Å²) in [4.78, 5) is 24.8. The van der Waals surface area contributed by atoms with Crippen molar-refractivity contribution in [3.05, 3.63) is 58.1 Å². The van der Waals surface area contributed by atoms with Crippen LogP contribution in [0.15, 0.2) is 52.7 Å². The Kier molecular flexibility index (Phi) is 5.11. The average Bonchev–Trinajstić information content (AvgIpc) is 2.99. The molecule has 138 valence electrons. The molecule has 9 heteroatoms. The third-order valence-corrected chi connectivity index (χ3v) is 3.90. The van der Waals surface area contributed by atoms with Crippen LogP contribution in [-0.2, 0) is 11.2 Å². The van der Waals surface area contributed by atoms with E-state index in [0.717, 1.165) is 12.0 Å². The van der Waals surface area contributed by atoms with Crippen LogP contribution in [0.1, 0.15) is 12.5 Å². The number of benzene rings is 2. The van der Waals surface area contributed by atoms with Gasteiger partial charge in [-0.1, -0.05) is 19.1 Å². The van der Waals surface area contributed by atoms with Gasteiger partial charge in [-0.05, 0) is 30.2 Å². The number of aromatic nitrogens is 1. The topological polar surface area (TPSA) is 130 Å². The third kappa shape index (κ3) is 4.09. The number of nitro benzene ring substituents is 1. The quantitative estimate of drug-likeness (QED) is 0.385. The Bertz CT molecular complexity index is 1020. The number of H-pyrrole nitrogens is 1. The highest BCUT2D eigenvalue weighted by atomic mass is 16.6. The number of rotatable bonds is 6. The molecule has 3 rings (SSSR count). The minimum Gasteiger partial charge on any atom is -0.493 e. The molecule has 0 unspecified atom stereocenters. The van der Waals surface area contributed by atoms with E-state index in [9.17, 15) is 20.0 Å². The molecule has 0 radical (unpaired) electrons. The lowest BCUT2D eigenvalue weighted by Gasteiger charge is -2.03. The van der Waals surface area contributed by atoms with Gasteiger partial charge in [-0.25, -0.2) is 0 Å². The standard InChI is InChI=1S/C18H16N4O5/c1-2-11-3-6-13(7-4-11)27-10-16(23)20-21-17-14-9-12(22(25)26)5-8-15(14)19-18(17)24/h3-9,19,24H,2,10H2,1H3. The largest absolute Gasteiger partial charge is 0.493 e. The molecule has 0 aliphatic rings. The van der Waals surface area contributed by atoms with Crippen LogP contribution in [0, 0.1) is 10.1 Å². The Labute approximate surface area is 153 Å². The molecule has 0 aliphatic heterocycles. The zero-order valence-electron chi connectivity index (χ0n) is 14.4. The minimum atomic E-state index is -0.659. The van der Waals surface area contributed by atoms with Crippen molar-refractivity contribution in [2.45, 2.75) is 13.3 Å². The van der Waals surface area contributed by atoms with Crippen LogP contribution in [0.3, 0.4) is 0 Å². The number of nitrogens with one attached hydrogen (secondary N) is 1. The summed E-state index contributed by atoms with van der Waals surface area (Å²) in [5.41, 5.74) is 1.38. The lowest BCUT2D eigenvalue weighted by atomic mass is 10.2. The van der Waals surface area contributed by atoms with Crippen LogP contribution in [0.4, 0.5) is 11.4 Å². The number of aryl methyl sites for hydroxylation is 1. The van der Waals surface area contributed by atoms with Gasteiger partial charge in [0.05, 0.1) is 10.4 Å². The molecule has 27 heavy (non-hydrogen) atoms. The van der Waals surface area contributed by atoms with Gasteiger partial charge in [0, 0.05) is 17.5 Å². The number of carbonyl (C=O) groups excluding carboxylic acids is 1. The van der Waals surface area contributed by atoms with Crippen LogP contribution in [-0.4, -0.2) is 27.5 Å². The Morgan fingerprint density at radius 2 is 2.00 bits per heavy atom. The van der Waals surface area contributed by atoms with Gasteiger partial charge in [0.25, 0.3) is 5.69 Å². The fourth-order valence-corrected chi connectivity index (χ4v) is 2.47. The molecule has 0 fully saturated rings. The molecule has 0 atom stereocenters. The van der Waals surface area contributed by atoms with Gasteiger partial charge < -0.3 is 14.8 Å². The van der Waals surface area contributed by atoms with Crippen molar-refractivity contribution in [2.75, 3.05) is 6.61 Å². The minimum absolute atomic E-state index is 0.0469. The first kappa shape index (κ1) is 18.1. The van der Waals surface area contributed by atoms with Gasteiger partial charge in [0.15, 0.2) is 12.3 Å². The Balaban J connectivity index is 1.72. The van der Waals surface area contributed by atoms with Crippen LogP contribution in [0.5, 0.6) is 11.6 Å². The summed E-state index contributed by atoms with van der Waals surface area (Å²) in [6, 6.07) is 11.3. The predicted octanol–water partition coefficient (Wildman–Crippen LogP) is 4.03. The van der Waals surface area contributed by atoms with E-state index in [4.69, 9.17) is 4.74 Å². The van der Waals surface area contributed by atoms with Crippen LogP contribution >= 0.6 is 0 Å². The van der Waals surface area contributed by atoms with Crippen molar-refractivity contribution >= 4 is 28.2 Å². The molecule has 0 bridgehead atoms. The third-order valence-electron chi connectivity index (χ3n) is 3.90. The summed E-state index contributed by atoms with van der Waals surface area (Å²) >= 11 is 0. The molecule has 1 heterocycles. The number of ether oxygens (including phenoxy) is 1. The second kappa shape index (κ2) is 7.65. The highest BCUT2D eigenvalue weighted by molar-refractivity contribution is 5.95. The normalized spacial score (nSPS) is 11.1. The van der Waals surface area contributed by atoms with Crippen molar-refractivity contribution in [1.29, 1.82) is 0 Å². The van der Waals surface area contributed by atoms with E-state index in [-0.39, 0.29) is 29.2 Å². The van der Waals surface area contributed by atoms with Crippen molar-refractivity contribution in [3.63, 3.8) is 0 Å². The second-order valence-electron chi connectivity index (χ2n) is 5.69. The van der Waals surface area contributed by atoms with Crippen molar-refractivity contribution < 1.29 is 19.6 Å². The maximum absolute atomic E-state index is 11.9. The van der Waals surface area contributed by atoms with Gasteiger partial charge in [-0.3, -0.25) is 14.9 Å². The molecule has 2 N–H and O–H groups in total. The molecule has 1 amide bonds. The molecule has 3 aromatic rings. The maximum Gasteiger partial charge on any atom is 0.302 e. The first-order chi connectivity index (χ1) is 13.0. The number of nitro groups is 1. The number of aromatic amines is 1. The molecule has 0 spiro atoms. The zero-order valence-corrected chi connectivity index (χ0v) is 14.4. The van der Waals surface area contributed by atoms with E-state index < -0.39 is 10.8 Å². The summed E-state index contributed by atoms with van der Waals surface area (Å²) in [6.07, 6.45) is 0.902. The van der Waals surface area contributed by atoms with Gasteiger partial charge in [-0.15, -0.1) is 10.2 Å². The number of non-ortho nitro benzene ring substituents is 1. The number of hydrogen-bond donors (Lipinski definition) is 2. The van der Waals surface area contributed by atoms with Gasteiger partial charge in [-0.2, -0.15) is 0 Å². The van der Waals surface area contributed by atoms with E-state index in [1.165, 1.54) is 18.2 Å². The summed E-state index contributed by atoms with van der Waals surface area (Å²) in [6.45, 7) is 1.72. The second-order valence-corrected chi connectivity index (χ2v) is 5.69. The fraction of sp³-hybridized carbons (Fsp3) is 0.167. The molecule has 0 saturated carbocycles. The van der Waals surface area contributed by atoms with Crippen molar-refractivity contribution in [1.82, 2.24) is 4.98 Å². The smallest absolute Gasteiger partial charge is 0.302 e. The number of fused-ring (bicyclic) bond motifs is 1. The lowest BCUT2D eigenvalue weighted by molar-refractivity contribution is -0.384. The number of aromatic hydroxyl groups is 1. The number of azo groups is 1. The average molecular weight is 368 g/mol. The highest BCUT2D eigenvalue weighted by Crippen LogP contribution is 2.37. The molecule has 9 nitrogen and oxygen atoms in total. The van der Waals surface area contributed by atoms with Crippen LogP contribution < -0.4 is 4.74 Å². The molecular weight excluding hydrogens is 352 g/mol. The summed E-state index contributed by atoms with van der Waals surface area (Å²) in [5, 5.41) is 28.3. The van der Waals surface area contributed by atoms with E-state index in [1.807, 2.05) is 19.1 Å². The van der Waals surface area contributed by atoms with Crippen LogP contribution in [0.25, 0.3) is 10.9 Å². The SMILES string of the molecule is CCc1ccc(OCC(=O)N=Nc2c(O)[nH]c3ccc([N+](=O)[O-])cc23)cc1. The molecule has 0 aliphatic carbocycles. The van der Waals surface area contributed by atoms with Crippen molar-refractivity contribution in [2.24, 2.45) is 10.2 Å². The Morgan fingerprint density at radius 3 is 2.67 bits per heavy atom. The number of carbonyl (C=O) groups is 1. The van der Waals surface area contributed by atoms with Crippen molar-refractivity contribution in [3.8, 4) is 11.6 Å². The first-order valence-corrected chi connectivity index (χ1v) is 8.13. The van der Waals surface area contributed by atoms with E-state index in [2.05, 4.69) is 15.2 Å². The van der Waals surface area contributed by atoms with Gasteiger partial charge in [0.2, 0.25) is 5.88 Å². The molecular formula is C18H16N4O5. The zero-order chi connectivity index (χ0) is 19.4. The van der Waals surface area contributed by atoms with Crippen LogP contribution in [0.2, 0.25) is 0 Å². The molecule has 0 saturated heterocycles. The van der Waals surface area contributed by atoms with Gasteiger partial charge in [0.1, 0.15) is 5.75 Å². The molecule has 1 aromatic heterocycles. The number of hydrogen-bond acceptors (Lipinski definition) is 6. The summed E-state index contributed by atoms with van der Waals surface area (Å²) in [7, 11) is 0.